The average Bonchev–Trinajstić information content (AvgIpc) is 2.27. The molecule has 0 unspecified atom stereocenters. The van der Waals surface area contributed by atoms with Crippen molar-refractivity contribution in [2.24, 2.45) is 10.2 Å². The first kappa shape index (κ1) is 15.3. The van der Waals surface area contributed by atoms with Gasteiger partial charge in [0.2, 0.25) is 0 Å². The van der Waals surface area contributed by atoms with Crippen molar-refractivity contribution in [3.63, 3.8) is 0 Å². The Morgan fingerprint density at radius 1 is 1.28 bits per heavy atom. The molecular formula is C13H25N3OS. The molecule has 0 spiro atoms. The summed E-state index contributed by atoms with van der Waals surface area (Å²) in [6.07, 6.45) is 5.52. The van der Waals surface area contributed by atoms with E-state index in [9.17, 15) is 0 Å². The molecule has 1 saturated carbocycles. The first-order valence-electron chi connectivity index (χ1n) is 6.76. The highest BCUT2D eigenvalue weighted by molar-refractivity contribution is 7.80. The maximum atomic E-state index is 5.32. The fourth-order valence-corrected chi connectivity index (χ4v) is 2.30. The van der Waals surface area contributed by atoms with Crippen molar-refractivity contribution in [3.05, 3.63) is 0 Å². The van der Waals surface area contributed by atoms with Gasteiger partial charge in [-0.2, -0.15) is 10.2 Å². The molecule has 0 aromatic heterocycles. The van der Waals surface area contributed by atoms with E-state index in [-0.39, 0.29) is 11.2 Å². The van der Waals surface area contributed by atoms with Gasteiger partial charge in [0.1, 0.15) is 0 Å². The Balaban J connectivity index is 2.75. The lowest BCUT2D eigenvalue weighted by Gasteiger charge is -2.34. The minimum Gasteiger partial charge on any atom is -0.471 e. The molecule has 0 saturated heterocycles. The van der Waals surface area contributed by atoms with Crippen molar-refractivity contribution in [3.8, 4) is 0 Å². The molecule has 5 heteroatoms. The minimum atomic E-state index is -0.349. The number of hydrogen-bond donors (Lipinski definition) is 1. The average molecular weight is 271 g/mol. The Bertz CT molecular complexity index is 304. The van der Waals surface area contributed by atoms with Crippen LogP contribution in [0.15, 0.2) is 10.2 Å². The van der Waals surface area contributed by atoms with Crippen LogP contribution in [-0.4, -0.2) is 23.0 Å². The van der Waals surface area contributed by atoms with Crippen LogP contribution in [0.25, 0.3) is 0 Å². The van der Waals surface area contributed by atoms with Crippen LogP contribution in [0, 0.1) is 0 Å². The van der Waals surface area contributed by atoms with Crippen LogP contribution in [0.2, 0.25) is 0 Å². The summed E-state index contributed by atoms with van der Waals surface area (Å²) in [4.78, 5) is 0. The van der Waals surface area contributed by atoms with Crippen LogP contribution in [0.3, 0.4) is 0 Å². The maximum absolute atomic E-state index is 5.32. The molecule has 1 aliphatic carbocycles. The molecule has 0 radical (unpaired) electrons. The van der Waals surface area contributed by atoms with E-state index in [0.29, 0.717) is 11.8 Å². The fourth-order valence-electron chi connectivity index (χ4n) is 1.99. The van der Waals surface area contributed by atoms with E-state index in [1.54, 1.807) is 0 Å². The summed E-state index contributed by atoms with van der Waals surface area (Å²) in [5, 5.41) is 12.7. The van der Waals surface area contributed by atoms with Crippen LogP contribution in [0.5, 0.6) is 0 Å². The van der Waals surface area contributed by atoms with Gasteiger partial charge >= 0.3 is 0 Å². The number of nitrogens with one attached hydrogen (secondary N) is 1. The zero-order chi connectivity index (χ0) is 13.6. The quantitative estimate of drug-likeness (QED) is 0.627. The molecular weight excluding hydrogens is 246 g/mol. The lowest BCUT2D eigenvalue weighted by molar-refractivity contribution is 0.227. The van der Waals surface area contributed by atoms with E-state index >= 15 is 0 Å². The Hall–Kier alpha value is -0.710. The van der Waals surface area contributed by atoms with Gasteiger partial charge in [-0.15, -0.1) is 0 Å². The third kappa shape index (κ3) is 5.29. The van der Waals surface area contributed by atoms with Gasteiger partial charge < -0.3 is 10.1 Å². The van der Waals surface area contributed by atoms with Gasteiger partial charge in [0.15, 0.2) is 5.66 Å². The summed E-state index contributed by atoms with van der Waals surface area (Å²) in [7, 11) is 0. The van der Waals surface area contributed by atoms with Gasteiger partial charge in [-0.05, 0) is 65.6 Å². The number of azo groups is 1. The lowest BCUT2D eigenvalue weighted by Crippen LogP contribution is -2.48. The monoisotopic (exact) mass is 271 g/mol. The molecule has 0 atom stereocenters. The van der Waals surface area contributed by atoms with Gasteiger partial charge in [-0.25, -0.2) is 0 Å². The molecule has 1 fully saturated rings. The molecule has 104 valence electrons. The zero-order valence-corrected chi connectivity index (χ0v) is 12.8. The van der Waals surface area contributed by atoms with E-state index in [4.69, 9.17) is 17.0 Å². The van der Waals surface area contributed by atoms with Gasteiger partial charge in [0, 0.05) is 0 Å². The third-order valence-electron chi connectivity index (χ3n) is 2.83. The summed E-state index contributed by atoms with van der Waals surface area (Å²) in [5.41, 5.74) is -0.503. The van der Waals surface area contributed by atoms with Gasteiger partial charge in [0.05, 0.1) is 12.1 Å². The number of thiocarbonyl (C=S) groups is 1. The van der Waals surface area contributed by atoms with Gasteiger partial charge in [-0.3, -0.25) is 0 Å². The van der Waals surface area contributed by atoms with Gasteiger partial charge in [-0.1, -0.05) is 6.42 Å². The van der Waals surface area contributed by atoms with Crippen molar-refractivity contribution < 1.29 is 4.74 Å². The Morgan fingerprint density at radius 2 is 1.89 bits per heavy atom. The van der Waals surface area contributed by atoms with Crippen LogP contribution in [-0.2, 0) is 4.74 Å². The Labute approximate surface area is 116 Å². The molecule has 1 N–H and O–H groups in total. The topological polar surface area (TPSA) is 46.0 Å². The van der Waals surface area contributed by atoms with Crippen LogP contribution < -0.4 is 5.32 Å². The summed E-state index contributed by atoms with van der Waals surface area (Å²) in [6.45, 7) is 8.66. The first-order valence-corrected chi connectivity index (χ1v) is 7.17. The molecule has 0 aliphatic heterocycles. The van der Waals surface area contributed by atoms with Crippen molar-refractivity contribution in [1.29, 1.82) is 0 Å². The van der Waals surface area contributed by atoms with Crippen molar-refractivity contribution >= 4 is 17.4 Å². The maximum Gasteiger partial charge on any atom is 0.258 e. The molecule has 18 heavy (non-hydrogen) atoms. The molecule has 0 bridgehead atoms. The summed E-state index contributed by atoms with van der Waals surface area (Å²) in [5.74, 6) is 0. The predicted molar refractivity (Wildman–Crippen MR) is 77.8 cm³/mol. The largest absolute Gasteiger partial charge is 0.471 e. The molecule has 4 nitrogen and oxygen atoms in total. The standard InChI is InChI=1S/C13H25N3OS/c1-5-17-11(18)14-13(9-7-6-8-10-13)16-15-12(2,3)4/h5-10H2,1-4H3,(H,14,18). The fraction of sp³-hybridized carbons (Fsp3) is 0.923. The molecule has 0 heterocycles. The second kappa shape index (κ2) is 6.45. The first-order chi connectivity index (χ1) is 8.37. The highest BCUT2D eigenvalue weighted by Gasteiger charge is 2.33. The molecule has 0 aromatic carbocycles. The number of rotatable bonds is 3. The van der Waals surface area contributed by atoms with E-state index in [1.807, 2.05) is 27.7 Å². The minimum absolute atomic E-state index is 0.153. The van der Waals surface area contributed by atoms with Crippen LogP contribution in [0.1, 0.15) is 59.8 Å². The van der Waals surface area contributed by atoms with Gasteiger partial charge in [0.25, 0.3) is 5.17 Å². The Morgan fingerprint density at radius 3 is 2.39 bits per heavy atom. The Kier molecular flexibility index (Phi) is 5.50. The number of hydrogen-bond acceptors (Lipinski definition) is 4. The zero-order valence-electron chi connectivity index (χ0n) is 12.0. The molecule has 1 aliphatic rings. The summed E-state index contributed by atoms with van der Waals surface area (Å²) in [6, 6.07) is 0. The predicted octanol–water partition coefficient (Wildman–Crippen LogP) is 3.81. The van der Waals surface area contributed by atoms with E-state index in [2.05, 4.69) is 15.5 Å². The van der Waals surface area contributed by atoms with Crippen molar-refractivity contribution in [2.45, 2.75) is 71.0 Å². The molecule has 1 rings (SSSR count). The van der Waals surface area contributed by atoms with E-state index < -0.39 is 0 Å². The lowest BCUT2D eigenvalue weighted by atomic mass is 9.90. The highest BCUT2D eigenvalue weighted by Crippen LogP contribution is 2.30. The van der Waals surface area contributed by atoms with Crippen LogP contribution in [0.4, 0.5) is 0 Å². The van der Waals surface area contributed by atoms with Crippen molar-refractivity contribution in [1.82, 2.24) is 5.32 Å². The van der Waals surface area contributed by atoms with E-state index in [1.165, 1.54) is 6.42 Å². The van der Waals surface area contributed by atoms with Crippen molar-refractivity contribution in [2.75, 3.05) is 6.61 Å². The second-order valence-electron chi connectivity index (χ2n) is 5.81. The second-order valence-corrected chi connectivity index (χ2v) is 6.18. The normalized spacial score (nSPS) is 19.8. The molecule has 0 aromatic rings. The summed E-state index contributed by atoms with van der Waals surface area (Å²) < 4.78 is 5.32. The van der Waals surface area contributed by atoms with E-state index in [0.717, 1.165) is 25.7 Å². The number of ether oxygens (including phenoxy) is 1. The summed E-state index contributed by atoms with van der Waals surface area (Å²) >= 11 is 5.18. The van der Waals surface area contributed by atoms with Crippen LogP contribution >= 0.6 is 12.2 Å². The SMILES string of the molecule is CCOC(=S)NC1(N=NC(C)(C)C)CCCCC1. The molecule has 0 amide bonds. The third-order valence-corrected chi connectivity index (χ3v) is 3.05. The smallest absolute Gasteiger partial charge is 0.258 e. The number of nitrogens with zero attached hydrogens (tertiary/aromatic N) is 2. The highest BCUT2D eigenvalue weighted by atomic mass is 32.1.